The molecule has 1 aliphatic rings. The molecular formula is C14H27NO3S. The monoisotopic (exact) mass is 289 g/mol. The average Bonchev–Trinajstić information content (AvgIpc) is 3.17. The number of aliphatic hydroxyl groups excluding tert-OH is 1. The highest BCUT2D eigenvalue weighted by atomic mass is 32.2. The van der Waals surface area contributed by atoms with Crippen LogP contribution in [0.15, 0.2) is 0 Å². The number of esters is 1. The number of aliphatic hydroxyl groups is 1. The molecule has 0 aliphatic heterocycles. The molecule has 19 heavy (non-hydrogen) atoms. The molecule has 1 atom stereocenters. The van der Waals surface area contributed by atoms with Crippen LogP contribution in [0.3, 0.4) is 0 Å². The third kappa shape index (κ3) is 6.63. The smallest absolute Gasteiger partial charge is 0.326 e. The molecule has 0 radical (unpaired) electrons. The van der Waals surface area contributed by atoms with Crippen molar-refractivity contribution in [3.8, 4) is 0 Å². The van der Waals surface area contributed by atoms with Gasteiger partial charge in [0, 0.05) is 12.6 Å². The second-order valence-electron chi connectivity index (χ2n) is 5.26. The summed E-state index contributed by atoms with van der Waals surface area (Å²) in [4.78, 5) is 12.1. The number of nitrogens with one attached hydrogen (secondary N) is 1. The van der Waals surface area contributed by atoms with Crippen molar-refractivity contribution in [3.05, 3.63) is 0 Å². The van der Waals surface area contributed by atoms with E-state index < -0.39 is 5.54 Å². The van der Waals surface area contributed by atoms with E-state index in [1.54, 1.807) is 0 Å². The van der Waals surface area contributed by atoms with Gasteiger partial charge in [0.15, 0.2) is 0 Å². The van der Waals surface area contributed by atoms with Crippen molar-refractivity contribution >= 4 is 17.7 Å². The average molecular weight is 289 g/mol. The molecule has 0 amide bonds. The van der Waals surface area contributed by atoms with Crippen LogP contribution in [0.25, 0.3) is 0 Å². The number of thioether (sulfide) groups is 1. The van der Waals surface area contributed by atoms with Crippen molar-refractivity contribution in [2.24, 2.45) is 0 Å². The van der Waals surface area contributed by atoms with Gasteiger partial charge < -0.3 is 9.84 Å². The minimum Gasteiger partial charge on any atom is -0.465 e. The molecule has 0 aromatic rings. The van der Waals surface area contributed by atoms with Gasteiger partial charge in [-0.1, -0.05) is 0 Å². The Morgan fingerprint density at radius 1 is 1.42 bits per heavy atom. The number of rotatable bonds is 11. The predicted octanol–water partition coefficient (Wildman–Crippen LogP) is 1.96. The zero-order valence-electron chi connectivity index (χ0n) is 12.1. The first-order valence-electron chi connectivity index (χ1n) is 7.26. The molecule has 0 bridgehead atoms. The molecular weight excluding hydrogens is 262 g/mol. The molecule has 0 aromatic carbocycles. The lowest BCUT2D eigenvalue weighted by molar-refractivity contribution is -0.151. The van der Waals surface area contributed by atoms with Crippen LogP contribution in [0.5, 0.6) is 0 Å². The normalized spacial score (nSPS) is 18.1. The minimum absolute atomic E-state index is 0.123. The first kappa shape index (κ1) is 16.8. The van der Waals surface area contributed by atoms with E-state index in [1.165, 1.54) is 12.8 Å². The van der Waals surface area contributed by atoms with Crippen LogP contribution in [0.4, 0.5) is 0 Å². The standard InChI is InChI=1S/C14H27NO3S/c1-3-18-13(17)14(2,15-12-6-7-12)8-4-10-19-11-5-9-16/h12,15-16H,3-11H2,1-2H3. The first-order chi connectivity index (χ1) is 9.12. The SMILES string of the molecule is CCOC(=O)C(C)(CCCSCCCO)NC1CC1. The Balaban J connectivity index is 2.29. The van der Waals surface area contributed by atoms with E-state index in [0.717, 1.165) is 30.8 Å². The van der Waals surface area contributed by atoms with Crippen LogP contribution in [0.2, 0.25) is 0 Å². The van der Waals surface area contributed by atoms with E-state index in [4.69, 9.17) is 9.84 Å². The van der Waals surface area contributed by atoms with Gasteiger partial charge in [0.1, 0.15) is 5.54 Å². The van der Waals surface area contributed by atoms with Crippen LogP contribution in [-0.4, -0.2) is 47.4 Å². The highest BCUT2D eigenvalue weighted by Crippen LogP contribution is 2.26. The summed E-state index contributed by atoms with van der Waals surface area (Å²) in [5.41, 5.74) is -0.533. The Morgan fingerprint density at radius 3 is 2.68 bits per heavy atom. The fourth-order valence-corrected chi connectivity index (χ4v) is 2.88. The van der Waals surface area contributed by atoms with Gasteiger partial charge in [0.25, 0.3) is 0 Å². The lowest BCUT2D eigenvalue weighted by Gasteiger charge is -2.28. The number of hydrogen-bond donors (Lipinski definition) is 2. The van der Waals surface area contributed by atoms with E-state index in [0.29, 0.717) is 12.6 Å². The van der Waals surface area contributed by atoms with E-state index in [1.807, 2.05) is 25.6 Å². The van der Waals surface area contributed by atoms with Crippen molar-refractivity contribution < 1.29 is 14.6 Å². The molecule has 112 valence electrons. The minimum atomic E-state index is -0.533. The maximum absolute atomic E-state index is 12.1. The van der Waals surface area contributed by atoms with Gasteiger partial charge in [-0.25, -0.2) is 0 Å². The molecule has 4 nitrogen and oxygen atoms in total. The molecule has 1 unspecified atom stereocenters. The van der Waals surface area contributed by atoms with Crippen molar-refractivity contribution in [1.82, 2.24) is 5.32 Å². The number of carbonyl (C=O) groups excluding carboxylic acids is 1. The van der Waals surface area contributed by atoms with E-state index in [2.05, 4.69) is 5.32 Å². The molecule has 1 saturated carbocycles. The molecule has 2 N–H and O–H groups in total. The molecule has 0 saturated heterocycles. The molecule has 1 fully saturated rings. The zero-order valence-corrected chi connectivity index (χ0v) is 12.9. The van der Waals surface area contributed by atoms with Gasteiger partial charge >= 0.3 is 5.97 Å². The summed E-state index contributed by atoms with van der Waals surface area (Å²) in [6.07, 6.45) is 4.99. The van der Waals surface area contributed by atoms with Gasteiger partial charge in [-0.3, -0.25) is 10.1 Å². The topological polar surface area (TPSA) is 58.6 Å². The summed E-state index contributed by atoms with van der Waals surface area (Å²) < 4.78 is 5.19. The molecule has 0 heterocycles. The van der Waals surface area contributed by atoms with Crippen LogP contribution < -0.4 is 5.32 Å². The van der Waals surface area contributed by atoms with Crippen molar-refractivity contribution in [3.63, 3.8) is 0 Å². The summed E-state index contributed by atoms with van der Waals surface area (Å²) >= 11 is 1.84. The second-order valence-corrected chi connectivity index (χ2v) is 6.49. The number of carbonyl (C=O) groups is 1. The van der Waals surface area contributed by atoms with Gasteiger partial charge in [0.05, 0.1) is 6.61 Å². The summed E-state index contributed by atoms with van der Waals surface area (Å²) in [7, 11) is 0. The third-order valence-electron chi connectivity index (χ3n) is 3.24. The summed E-state index contributed by atoms with van der Waals surface area (Å²) in [6.45, 7) is 4.50. The van der Waals surface area contributed by atoms with Gasteiger partial charge in [-0.2, -0.15) is 11.8 Å². The predicted molar refractivity (Wildman–Crippen MR) is 79.5 cm³/mol. The second kappa shape index (κ2) is 8.82. The lowest BCUT2D eigenvalue weighted by atomic mass is 9.96. The summed E-state index contributed by atoms with van der Waals surface area (Å²) in [5, 5.41) is 12.1. The van der Waals surface area contributed by atoms with Crippen LogP contribution in [0.1, 0.15) is 46.0 Å². The summed E-state index contributed by atoms with van der Waals surface area (Å²) in [5.74, 6) is 1.89. The maximum atomic E-state index is 12.1. The van der Waals surface area contributed by atoms with Crippen molar-refractivity contribution in [1.29, 1.82) is 0 Å². The van der Waals surface area contributed by atoms with Crippen molar-refractivity contribution in [2.45, 2.75) is 57.5 Å². The van der Waals surface area contributed by atoms with Crippen LogP contribution in [0, 0.1) is 0 Å². The Bertz CT molecular complexity index is 271. The van der Waals surface area contributed by atoms with Crippen LogP contribution >= 0.6 is 11.8 Å². The quantitative estimate of drug-likeness (QED) is 0.450. The molecule has 0 aromatic heterocycles. The fourth-order valence-electron chi connectivity index (χ4n) is 2.00. The van der Waals surface area contributed by atoms with Gasteiger partial charge in [0.2, 0.25) is 0 Å². The molecule has 1 aliphatic carbocycles. The summed E-state index contributed by atoms with van der Waals surface area (Å²) in [6, 6.07) is 0.497. The van der Waals surface area contributed by atoms with Crippen molar-refractivity contribution in [2.75, 3.05) is 24.7 Å². The van der Waals surface area contributed by atoms with Gasteiger partial charge in [-0.05, 0) is 57.5 Å². The Morgan fingerprint density at radius 2 is 2.11 bits per heavy atom. The first-order valence-corrected chi connectivity index (χ1v) is 8.41. The molecule has 1 rings (SSSR count). The largest absolute Gasteiger partial charge is 0.465 e. The maximum Gasteiger partial charge on any atom is 0.326 e. The zero-order chi connectivity index (χ0) is 14.1. The Kier molecular flexibility index (Phi) is 7.80. The fraction of sp³-hybridized carbons (Fsp3) is 0.929. The van der Waals surface area contributed by atoms with Gasteiger partial charge in [-0.15, -0.1) is 0 Å². The van der Waals surface area contributed by atoms with E-state index >= 15 is 0 Å². The van der Waals surface area contributed by atoms with E-state index in [-0.39, 0.29) is 12.6 Å². The molecule has 5 heteroatoms. The number of ether oxygens (including phenoxy) is 1. The Labute approximate surface area is 120 Å². The Hall–Kier alpha value is -0.260. The van der Waals surface area contributed by atoms with E-state index in [9.17, 15) is 4.79 Å². The highest BCUT2D eigenvalue weighted by Gasteiger charge is 2.38. The third-order valence-corrected chi connectivity index (χ3v) is 4.39. The number of hydrogen-bond acceptors (Lipinski definition) is 5. The lowest BCUT2D eigenvalue weighted by Crippen LogP contribution is -2.51. The molecule has 0 spiro atoms. The highest BCUT2D eigenvalue weighted by molar-refractivity contribution is 7.99. The van der Waals surface area contributed by atoms with Crippen LogP contribution in [-0.2, 0) is 9.53 Å².